The lowest BCUT2D eigenvalue weighted by Crippen LogP contribution is -2.25. The Labute approximate surface area is 102 Å². The second-order valence-electron chi connectivity index (χ2n) is 4.16. The first kappa shape index (κ1) is 13.7. The quantitative estimate of drug-likeness (QED) is 0.756. The molecule has 0 aromatic carbocycles. The monoisotopic (exact) mass is 239 g/mol. The molecule has 0 bridgehead atoms. The van der Waals surface area contributed by atoms with Gasteiger partial charge in [-0.05, 0) is 19.4 Å². The molecule has 1 heterocycles. The van der Waals surface area contributed by atoms with Gasteiger partial charge in [-0.1, -0.05) is 13.8 Å². The predicted octanol–water partition coefficient (Wildman–Crippen LogP) is 1.50. The summed E-state index contributed by atoms with van der Waals surface area (Å²) in [6, 6.07) is -0.143. The van der Waals surface area contributed by atoms with Gasteiger partial charge in [0.05, 0.1) is 12.1 Å². The number of hydrogen-bond acceptors (Lipinski definition) is 3. The maximum Gasteiger partial charge on any atom is 0.305 e. The predicted molar refractivity (Wildman–Crippen MR) is 65.9 cm³/mol. The highest BCUT2D eigenvalue weighted by molar-refractivity contribution is 5.68. The Morgan fingerprint density at radius 1 is 1.59 bits per heavy atom. The molecule has 1 aromatic heterocycles. The molecule has 1 unspecified atom stereocenters. The van der Waals surface area contributed by atoms with Crippen molar-refractivity contribution >= 4 is 5.97 Å². The molecule has 1 rings (SSSR count). The summed E-state index contributed by atoms with van der Waals surface area (Å²) >= 11 is 0. The first-order valence-electron chi connectivity index (χ1n) is 6.06. The number of hydrogen-bond donors (Lipinski definition) is 2. The van der Waals surface area contributed by atoms with E-state index in [2.05, 4.69) is 17.3 Å². The van der Waals surface area contributed by atoms with E-state index in [1.807, 2.05) is 20.2 Å². The molecule has 5 nitrogen and oxygen atoms in total. The molecule has 0 aliphatic rings. The lowest BCUT2D eigenvalue weighted by Gasteiger charge is -2.16. The standard InChI is InChI=1S/C12H21N3O2/c1-4-6-13-11(7-12(16)17)9-8-15(3)14-10(9)5-2/h8,11,13H,4-7H2,1-3H3,(H,16,17). The van der Waals surface area contributed by atoms with Crippen molar-refractivity contribution in [3.05, 3.63) is 17.5 Å². The van der Waals surface area contributed by atoms with Crippen LogP contribution in [0.1, 0.15) is 44.0 Å². The highest BCUT2D eigenvalue weighted by Gasteiger charge is 2.19. The van der Waals surface area contributed by atoms with Crippen LogP contribution in [0.4, 0.5) is 0 Å². The topological polar surface area (TPSA) is 67.2 Å². The van der Waals surface area contributed by atoms with E-state index in [0.717, 1.165) is 30.6 Å². The second-order valence-corrected chi connectivity index (χ2v) is 4.16. The molecule has 17 heavy (non-hydrogen) atoms. The van der Waals surface area contributed by atoms with Gasteiger partial charge in [0.2, 0.25) is 0 Å². The average Bonchev–Trinajstić information content (AvgIpc) is 2.65. The van der Waals surface area contributed by atoms with Gasteiger partial charge in [0.25, 0.3) is 0 Å². The van der Waals surface area contributed by atoms with Gasteiger partial charge in [0, 0.05) is 24.8 Å². The van der Waals surface area contributed by atoms with Gasteiger partial charge in [0.15, 0.2) is 0 Å². The van der Waals surface area contributed by atoms with Crippen LogP contribution in [0.5, 0.6) is 0 Å². The van der Waals surface area contributed by atoms with Gasteiger partial charge in [-0.15, -0.1) is 0 Å². The number of nitrogens with one attached hydrogen (secondary N) is 1. The number of carboxylic acids is 1. The number of aromatic nitrogens is 2. The van der Waals surface area contributed by atoms with Crippen LogP contribution in [-0.4, -0.2) is 27.4 Å². The summed E-state index contributed by atoms with van der Waals surface area (Å²) in [7, 11) is 1.86. The fraction of sp³-hybridized carbons (Fsp3) is 0.667. The minimum Gasteiger partial charge on any atom is -0.481 e. The number of carboxylic acid groups (broad SMARTS) is 1. The third kappa shape index (κ3) is 3.85. The Hall–Kier alpha value is -1.36. The number of carbonyl (C=O) groups is 1. The third-order valence-corrected chi connectivity index (χ3v) is 2.67. The maximum atomic E-state index is 10.9. The summed E-state index contributed by atoms with van der Waals surface area (Å²) in [6.07, 6.45) is 3.81. The molecule has 0 fully saturated rings. The Morgan fingerprint density at radius 2 is 2.29 bits per heavy atom. The van der Waals surface area contributed by atoms with Gasteiger partial charge >= 0.3 is 5.97 Å². The van der Waals surface area contributed by atoms with Crippen LogP contribution in [-0.2, 0) is 18.3 Å². The summed E-state index contributed by atoms with van der Waals surface area (Å²) in [5, 5.41) is 16.6. The van der Waals surface area contributed by atoms with Crippen molar-refractivity contribution < 1.29 is 9.90 Å². The van der Waals surface area contributed by atoms with Crippen LogP contribution < -0.4 is 5.32 Å². The zero-order valence-corrected chi connectivity index (χ0v) is 10.7. The van der Waals surface area contributed by atoms with E-state index < -0.39 is 5.97 Å². The van der Waals surface area contributed by atoms with Crippen molar-refractivity contribution in [2.45, 2.75) is 39.2 Å². The highest BCUT2D eigenvalue weighted by atomic mass is 16.4. The molecule has 5 heteroatoms. The van der Waals surface area contributed by atoms with Crippen molar-refractivity contribution in [2.75, 3.05) is 6.54 Å². The van der Waals surface area contributed by atoms with Crippen molar-refractivity contribution in [1.29, 1.82) is 0 Å². The van der Waals surface area contributed by atoms with Gasteiger partial charge in [0.1, 0.15) is 0 Å². The van der Waals surface area contributed by atoms with Gasteiger partial charge < -0.3 is 10.4 Å². The van der Waals surface area contributed by atoms with E-state index in [1.54, 1.807) is 4.68 Å². The van der Waals surface area contributed by atoms with Crippen LogP contribution in [0, 0.1) is 0 Å². The molecule has 0 aliphatic heterocycles. The molecule has 1 aromatic rings. The number of nitrogens with zero attached hydrogens (tertiary/aromatic N) is 2. The van der Waals surface area contributed by atoms with Crippen LogP contribution >= 0.6 is 0 Å². The van der Waals surface area contributed by atoms with E-state index in [-0.39, 0.29) is 12.5 Å². The molecule has 0 saturated heterocycles. The molecule has 0 radical (unpaired) electrons. The summed E-state index contributed by atoms with van der Waals surface area (Å²) in [5.74, 6) is -0.787. The minimum atomic E-state index is -0.787. The molecule has 2 N–H and O–H groups in total. The molecule has 96 valence electrons. The third-order valence-electron chi connectivity index (χ3n) is 2.67. The lowest BCUT2D eigenvalue weighted by molar-refractivity contribution is -0.137. The number of rotatable bonds is 7. The Morgan fingerprint density at radius 3 is 2.82 bits per heavy atom. The van der Waals surface area contributed by atoms with E-state index in [0.29, 0.717) is 0 Å². The summed E-state index contributed by atoms with van der Waals surface area (Å²) < 4.78 is 1.75. The highest BCUT2D eigenvalue weighted by Crippen LogP contribution is 2.20. The summed E-state index contributed by atoms with van der Waals surface area (Å²) in [6.45, 7) is 4.91. The van der Waals surface area contributed by atoms with Crippen molar-refractivity contribution in [3.8, 4) is 0 Å². The molecule has 0 aliphatic carbocycles. The number of aryl methyl sites for hydroxylation is 2. The Kier molecular flexibility index (Phi) is 5.15. The van der Waals surface area contributed by atoms with Crippen molar-refractivity contribution in [2.24, 2.45) is 7.05 Å². The fourth-order valence-corrected chi connectivity index (χ4v) is 1.90. The van der Waals surface area contributed by atoms with E-state index >= 15 is 0 Å². The van der Waals surface area contributed by atoms with E-state index in [9.17, 15) is 4.79 Å². The van der Waals surface area contributed by atoms with Gasteiger partial charge in [-0.2, -0.15) is 5.10 Å². The zero-order valence-electron chi connectivity index (χ0n) is 10.7. The average molecular weight is 239 g/mol. The van der Waals surface area contributed by atoms with Crippen molar-refractivity contribution in [1.82, 2.24) is 15.1 Å². The minimum absolute atomic E-state index is 0.0959. The second kappa shape index (κ2) is 6.39. The van der Waals surface area contributed by atoms with Gasteiger partial charge in [-0.25, -0.2) is 0 Å². The maximum absolute atomic E-state index is 10.9. The van der Waals surface area contributed by atoms with Gasteiger partial charge in [-0.3, -0.25) is 9.48 Å². The van der Waals surface area contributed by atoms with Crippen molar-refractivity contribution in [3.63, 3.8) is 0 Å². The summed E-state index contributed by atoms with van der Waals surface area (Å²) in [4.78, 5) is 10.9. The molecule has 0 spiro atoms. The SMILES string of the molecule is CCCNC(CC(=O)O)c1cn(C)nc1CC. The summed E-state index contributed by atoms with van der Waals surface area (Å²) in [5.41, 5.74) is 1.98. The zero-order chi connectivity index (χ0) is 12.8. The smallest absolute Gasteiger partial charge is 0.305 e. The first-order chi connectivity index (χ1) is 8.08. The Balaban J connectivity index is 2.89. The van der Waals surface area contributed by atoms with E-state index in [1.165, 1.54) is 0 Å². The fourth-order valence-electron chi connectivity index (χ4n) is 1.90. The first-order valence-corrected chi connectivity index (χ1v) is 6.06. The van der Waals surface area contributed by atoms with Crippen LogP contribution in [0.15, 0.2) is 6.20 Å². The molecule has 0 saturated carbocycles. The molecule has 1 atom stereocenters. The Bertz CT molecular complexity index is 374. The molecular formula is C12H21N3O2. The lowest BCUT2D eigenvalue weighted by atomic mass is 10.0. The van der Waals surface area contributed by atoms with Crippen LogP contribution in [0.25, 0.3) is 0 Å². The normalized spacial score (nSPS) is 12.6. The van der Waals surface area contributed by atoms with Crippen LogP contribution in [0.2, 0.25) is 0 Å². The largest absolute Gasteiger partial charge is 0.481 e. The molecular weight excluding hydrogens is 218 g/mol. The van der Waals surface area contributed by atoms with Crippen LogP contribution in [0.3, 0.4) is 0 Å². The number of aliphatic carboxylic acids is 1. The molecule has 0 amide bonds. The van der Waals surface area contributed by atoms with E-state index in [4.69, 9.17) is 5.11 Å².